The van der Waals surface area contributed by atoms with Gasteiger partial charge in [-0.2, -0.15) is 0 Å². The van der Waals surface area contributed by atoms with Crippen molar-refractivity contribution in [3.63, 3.8) is 0 Å². The first-order chi connectivity index (χ1) is 18.0. The Hall–Kier alpha value is -3.13. The molecule has 1 aromatic carbocycles. The minimum absolute atomic E-state index is 0.0704. The largest absolute Gasteiger partial charge is 0.342 e. The maximum Gasteiger partial charge on any atom is 0.251 e. The number of piperidine rings is 1. The summed E-state index contributed by atoms with van der Waals surface area (Å²) in [6.45, 7) is 4.02. The average Bonchev–Trinajstić information content (AvgIpc) is 2.96. The van der Waals surface area contributed by atoms with Crippen LogP contribution in [0.15, 0.2) is 42.9 Å². The molecule has 2 aliphatic rings. The van der Waals surface area contributed by atoms with Gasteiger partial charge in [0.2, 0.25) is 5.91 Å². The van der Waals surface area contributed by atoms with Crippen molar-refractivity contribution in [1.29, 1.82) is 0 Å². The lowest BCUT2D eigenvalue weighted by Crippen LogP contribution is -2.46. The summed E-state index contributed by atoms with van der Waals surface area (Å²) >= 11 is 0. The highest BCUT2D eigenvalue weighted by atomic mass is 16.2. The molecule has 1 saturated carbocycles. The molecule has 1 aliphatic heterocycles. The predicted octanol–water partition coefficient (Wildman–Crippen LogP) is 3.63. The Balaban J connectivity index is 1.35. The number of hydrogen-bond acceptors (Lipinski definition) is 6. The van der Waals surface area contributed by atoms with Crippen LogP contribution >= 0.6 is 0 Å². The summed E-state index contributed by atoms with van der Waals surface area (Å²) in [6.07, 6.45) is 11.0. The van der Waals surface area contributed by atoms with Crippen molar-refractivity contribution in [2.75, 3.05) is 19.6 Å². The van der Waals surface area contributed by atoms with Gasteiger partial charge in [-0.25, -0.2) is 9.97 Å². The third-order valence-corrected chi connectivity index (χ3v) is 7.72. The third-order valence-electron chi connectivity index (χ3n) is 7.72. The van der Waals surface area contributed by atoms with E-state index < -0.39 is 6.04 Å². The van der Waals surface area contributed by atoms with Crippen molar-refractivity contribution in [2.24, 2.45) is 5.92 Å². The molecule has 2 atom stereocenters. The van der Waals surface area contributed by atoms with Gasteiger partial charge in [0.05, 0.1) is 18.3 Å². The molecule has 2 heterocycles. The molecule has 198 valence electrons. The van der Waals surface area contributed by atoms with E-state index in [4.69, 9.17) is 0 Å². The highest BCUT2D eigenvalue weighted by Crippen LogP contribution is 2.29. The second-order valence-electron chi connectivity index (χ2n) is 10.3. The van der Waals surface area contributed by atoms with Crippen molar-refractivity contribution in [2.45, 2.75) is 76.8 Å². The molecule has 0 bridgehead atoms. The van der Waals surface area contributed by atoms with Crippen molar-refractivity contribution in [3.05, 3.63) is 59.7 Å². The molecule has 2 amide bonds. The summed E-state index contributed by atoms with van der Waals surface area (Å²) < 4.78 is 0. The van der Waals surface area contributed by atoms with Crippen LogP contribution in [-0.4, -0.2) is 58.1 Å². The van der Waals surface area contributed by atoms with Crippen molar-refractivity contribution in [3.8, 4) is 0 Å². The van der Waals surface area contributed by atoms with E-state index in [1.54, 1.807) is 6.20 Å². The van der Waals surface area contributed by atoms with Crippen LogP contribution in [0.2, 0.25) is 0 Å². The molecule has 0 radical (unpaired) electrons. The Morgan fingerprint density at radius 2 is 1.92 bits per heavy atom. The minimum Gasteiger partial charge on any atom is -0.342 e. The van der Waals surface area contributed by atoms with Crippen LogP contribution in [0.25, 0.3) is 0 Å². The molecule has 1 unspecified atom stereocenters. The second-order valence-corrected chi connectivity index (χ2v) is 10.3. The molecule has 4 rings (SSSR count). The molecule has 1 aromatic heterocycles. The zero-order valence-corrected chi connectivity index (χ0v) is 21.8. The lowest BCUT2D eigenvalue weighted by atomic mass is 9.81. The van der Waals surface area contributed by atoms with E-state index in [2.05, 4.69) is 20.6 Å². The number of benzene rings is 1. The van der Waals surface area contributed by atoms with Gasteiger partial charge in [0.25, 0.3) is 5.91 Å². The fourth-order valence-electron chi connectivity index (χ4n) is 5.61. The Bertz CT molecular complexity index is 1050. The molecule has 1 aliphatic carbocycles. The molecular weight excluding hydrogens is 466 g/mol. The number of ketones is 1. The Morgan fingerprint density at radius 3 is 2.68 bits per heavy atom. The van der Waals surface area contributed by atoms with E-state index >= 15 is 0 Å². The summed E-state index contributed by atoms with van der Waals surface area (Å²) in [7, 11) is 0. The number of Topliss-reactive ketones (excluding diaryl/α,β-unsaturated/α-hetero) is 1. The van der Waals surface area contributed by atoms with E-state index in [0.717, 1.165) is 56.3 Å². The highest BCUT2D eigenvalue weighted by molar-refractivity contribution is 5.98. The summed E-state index contributed by atoms with van der Waals surface area (Å²) in [6, 6.07) is 9.13. The van der Waals surface area contributed by atoms with Gasteiger partial charge in [-0.15, -0.1) is 0 Å². The Kier molecular flexibility index (Phi) is 9.77. The number of nitrogens with one attached hydrogen (secondary N) is 2. The van der Waals surface area contributed by atoms with Crippen LogP contribution in [0.1, 0.15) is 85.8 Å². The number of aromatic nitrogens is 2. The number of nitrogens with zero attached hydrogens (tertiary/aromatic N) is 3. The molecule has 2 N–H and O–H groups in total. The van der Waals surface area contributed by atoms with E-state index in [1.165, 1.54) is 12.7 Å². The monoisotopic (exact) mass is 505 g/mol. The fraction of sp³-hybridized carbons (Fsp3) is 0.552. The molecule has 1 saturated heterocycles. The quantitative estimate of drug-likeness (QED) is 0.511. The smallest absolute Gasteiger partial charge is 0.251 e. The SMILES string of the molecule is CCC(=O)[C@H](NC(=O)c1cccc(C2CCCN(C(=O)CNCc3ccncn3)C2)c1)C1CCCCC1. The van der Waals surface area contributed by atoms with Gasteiger partial charge in [-0.05, 0) is 55.4 Å². The van der Waals surface area contributed by atoms with Crippen LogP contribution in [0.4, 0.5) is 0 Å². The van der Waals surface area contributed by atoms with Gasteiger partial charge < -0.3 is 15.5 Å². The van der Waals surface area contributed by atoms with E-state index in [0.29, 0.717) is 25.1 Å². The van der Waals surface area contributed by atoms with Gasteiger partial charge in [-0.1, -0.05) is 38.3 Å². The van der Waals surface area contributed by atoms with Crippen molar-refractivity contribution in [1.82, 2.24) is 25.5 Å². The van der Waals surface area contributed by atoms with Crippen LogP contribution in [0, 0.1) is 5.92 Å². The number of carbonyl (C=O) groups is 3. The molecule has 2 fully saturated rings. The van der Waals surface area contributed by atoms with E-state index in [1.807, 2.05) is 42.2 Å². The molecule has 37 heavy (non-hydrogen) atoms. The second kappa shape index (κ2) is 13.4. The summed E-state index contributed by atoms with van der Waals surface area (Å²) in [4.78, 5) is 48.7. The summed E-state index contributed by atoms with van der Waals surface area (Å²) in [5.74, 6) is 0.414. The normalized spacial score (nSPS) is 19.3. The zero-order chi connectivity index (χ0) is 26.0. The highest BCUT2D eigenvalue weighted by Gasteiger charge is 2.30. The predicted molar refractivity (Wildman–Crippen MR) is 142 cm³/mol. The van der Waals surface area contributed by atoms with Gasteiger partial charge in [0, 0.05) is 43.7 Å². The van der Waals surface area contributed by atoms with Gasteiger partial charge in [0.1, 0.15) is 6.33 Å². The first kappa shape index (κ1) is 26.9. The van der Waals surface area contributed by atoms with Crippen molar-refractivity contribution < 1.29 is 14.4 Å². The topological polar surface area (TPSA) is 104 Å². The standard InChI is InChI=1S/C29H39N5O3/c1-2-26(35)28(21-8-4-3-5-9-21)33-29(37)23-11-6-10-22(16-23)24-12-7-15-34(19-24)27(36)18-31-17-25-13-14-30-20-32-25/h6,10-11,13-14,16,20-21,24,28,31H,2-5,7-9,12,15,17-19H2,1H3,(H,33,37)/t24?,28-/m1/s1. The molecular formula is C29H39N5O3. The number of rotatable bonds is 10. The third kappa shape index (κ3) is 7.44. The number of hydrogen-bond donors (Lipinski definition) is 2. The van der Waals surface area contributed by atoms with Crippen molar-refractivity contribution >= 4 is 17.6 Å². The zero-order valence-electron chi connectivity index (χ0n) is 21.8. The van der Waals surface area contributed by atoms with E-state index in [-0.39, 0.29) is 36.0 Å². The molecule has 2 aromatic rings. The summed E-state index contributed by atoms with van der Waals surface area (Å²) in [5.41, 5.74) is 2.49. The first-order valence-electron chi connectivity index (χ1n) is 13.7. The van der Waals surface area contributed by atoms with Gasteiger partial charge in [-0.3, -0.25) is 14.4 Å². The van der Waals surface area contributed by atoms with Crippen LogP contribution < -0.4 is 10.6 Å². The van der Waals surface area contributed by atoms with Gasteiger partial charge >= 0.3 is 0 Å². The number of carbonyl (C=O) groups excluding carboxylic acids is 3. The Labute approximate surface area is 219 Å². The van der Waals surface area contributed by atoms with Crippen LogP contribution in [0.3, 0.4) is 0 Å². The van der Waals surface area contributed by atoms with Crippen LogP contribution in [0.5, 0.6) is 0 Å². The first-order valence-corrected chi connectivity index (χ1v) is 13.7. The number of likely N-dealkylation sites (tertiary alicyclic amines) is 1. The summed E-state index contributed by atoms with van der Waals surface area (Å²) in [5, 5.41) is 6.25. The number of amides is 2. The Morgan fingerprint density at radius 1 is 1.08 bits per heavy atom. The van der Waals surface area contributed by atoms with E-state index in [9.17, 15) is 14.4 Å². The minimum atomic E-state index is -0.404. The van der Waals surface area contributed by atoms with Gasteiger partial charge in [0.15, 0.2) is 5.78 Å². The fourth-order valence-corrected chi connectivity index (χ4v) is 5.61. The average molecular weight is 506 g/mol. The maximum atomic E-state index is 13.2. The molecule has 8 nitrogen and oxygen atoms in total. The lowest BCUT2D eigenvalue weighted by molar-refractivity contribution is -0.131. The molecule has 8 heteroatoms. The lowest BCUT2D eigenvalue weighted by Gasteiger charge is -2.33. The molecule has 0 spiro atoms. The van der Waals surface area contributed by atoms with Crippen LogP contribution in [-0.2, 0) is 16.1 Å². The maximum absolute atomic E-state index is 13.2.